The Morgan fingerprint density at radius 2 is 1.71 bits per heavy atom. The van der Waals surface area contributed by atoms with E-state index in [-0.39, 0.29) is 6.04 Å². The molecule has 110 valence electrons. The van der Waals surface area contributed by atoms with Crippen molar-refractivity contribution in [2.75, 3.05) is 13.7 Å². The number of benzene rings is 2. The Morgan fingerprint density at radius 3 is 2.38 bits per heavy atom. The summed E-state index contributed by atoms with van der Waals surface area (Å²) in [6.45, 7) is 5.25. The van der Waals surface area contributed by atoms with E-state index in [2.05, 4.69) is 61.6 Å². The Bertz CT molecular complexity index is 616. The highest BCUT2D eigenvalue weighted by Crippen LogP contribution is 2.36. The summed E-state index contributed by atoms with van der Waals surface area (Å²) in [6.07, 6.45) is 1.02. The molecule has 0 amide bonds. The van der Waals surface area contributed by atoms with E-state index >= 15 is 0 Å². The van der Waals surface area contributed by atoms with Crippen LogP contribution in [0.2, 0.25) is 0 Å². The molecule has 21 heavy (non-hydrogen) atoms. The highest BCUT2D eigenvalue weighted by atomic mass is 16.5. The molecule has 3 rings (SSSR count). The lowest BCUT2D eigenvalue weighted by atomic mass is 9.93. The zero-order chi connectivity index (χ0) is 14.8. The van der Waals surface area contributed by atoms with Crippen LogP contribution in [0.25, 0.3) is 0 Å². The van der Waals surface area contributed by atoms with E-state index in [0.29, 0.717) is 5.92 Å². The van der Waals surface area contributed by atoms with Gasteiger partial charge in [-0.05, 0) is 29.7 Å². The number of ether oxygens (including phenoxy) is 1. The third-order valence-electron chi connectivity index (χ3n) is 4.28. The van der Waals surface area contributed by atoms with Gasteiger partial charge in [0.2, 0.25) is 0 Å². The zero-order valence-electron chi connectivity index (χ0n) is 13.0. The number of hydrogen-bond donors (Lipinski definition) is 1. The molecule has 0 saturated carbocycles. The maximum atomic E-state index is 5.86. The average molecular weight is 281 g/mol. The number of fused-ring (bicyclic) bond motifs is 1. The molecular weight excluding hydrogens is 258 g/mol. The summed E-state index contributed by atoms with van der Waals surface area (Å²) in [6, 6.07) is 15.6. The van der Waals surface area contributed by atoms with Crippen LogP contribution in [0.4, 0.5) is 0 Å². The predicted molar refractivity (Wildman–Crippen MR) is 87.1 cm³/mol. The molecule has 2 nitrogen and oxygen atoms in total. The molecule has 1 heterocycles. The molecule has 2 heteroatoms. The van der Waals surface area contributed by atoms with Gasteiger partial charge in [-0.3, -0.25) is 0 Å². The molecule has 0 bridgehead atoms. The summed E-state index contributed by atoms with van der Waals surface area (Å²) in [5, 5.41) is 3.43. The van der Waals surface area contributed by atoms with E-state index in [9.17, 15) is 0 Å². The van der Waals surface area contributed by atoms with E-state index in [4.69, 9.17) is 4.74 Å². The van der Waals surface area contributed by atoms with Crippen LogP contribution in [0, 0.1) is 0 Å². The van der Waals surface area contributed by atoms with E-state index < -0.39 is 0 Å². The molecule has 1 unspecified atom stereocenters. The molecule has 2 aromatic carbocycles. The molecule has 0 fully saturated rings. The average Bonchev–Trinajstić information content (AvgIpc) is 2.98. The topological polar surface area (TPSA) is 21.3 Å². The van der Waals surface area contributed by atoms with Gasteiger partial charge < -0.3 is 10.1 Å². The van der Waals surface area contributed by atoms with E-state index in [1.165, 1.54) is 22.3 Å². The monoisotopic (exact) mass is 281 g/mol. The normalized spacial score (nSPS) is 14.9. The van der Waals surface area contributed by atoms with Crippen LogP contribution in [0.3, 0.4) is 0 Å². The number of para-hydroxylation sites is 1. The van der Waals surface area contributed by atoms with Gasteiger partial charge in [-0.1, -0.05) is 56.3 Å². The number of nitrogens with one attached hydrogen (secondary N) is 1. The second-order valence-electron chi connectivity index (χ2n) is 5.98. The molecule has 0 spiro atoms. The van der Waals surface area contributed by atoms with Gasteiger partial charge in [0.1, 0.15) is 5.75 Å². The third kappa shape index (κ3) is 2.68. The van der Waals surface area contributed by atoms with Gasteiger partial charge in [0.05, 0.1) is 12.6 Å². The fourth-order valence-corrected chi connectivity index (χ4v) is 3.04. The van der Waals surface area contributed by atoms with E-state index in [1.807, 2.05) is 7.05 Å². The van der Waals surface area contributed by atoms with Crippen LogP contribution < -0.4 is 10.1 Å². The summed E-state index contributed by atoms with van der Waals surface area (Å²) >= 11 is 0. The lowest BCUT2D eigenvalue weighted by Crippen LogP contribution is -2.18. The van der Waals surface area contributed by atoms with Crippen molar-refractivity contribution in [1.29, 1.82) is 0 Å². The summed E-state index contributed by atoms with van der Waals surface area (Å²) in [5.41, 5.74) is 5.23. The van der Waals surface area contributed by atoms with Gasteiger partial charge in [-0.15, -0.1) is 0 Å². The quantitative estimate of drug-likeness (QED) is 0.912. The van der Waals surface area contributed by atoms with Gasteiger partial charge in [0.25, 0.3) is 0 Å². The van der Waals surface area contributed by atoms with Crippen LogP contribution >= 0.6 is 0 Å². The predicted octanol–water partition coefficient (Wildman–Crippen LogP) is 4.05. The highest BCUT2D eigenvalue weighted by Gasteiger charge is 2.22. The summed E-state index contributed by atoms with van der Waals surface area (Å²) < 4.78 is 5.86. The van der Waals surface area contributed by atoms with Crippen molar-refractivity contribution in [2.45, 2.75) is 32.2 Å². The first-order valence-corrected chi connectivity index (χ1v) is 7.72. The van der Waals surface area contributed by atoms with Crippen molar-refractivity contribution >= 4 is 0 Å². The van der Waals surface area contributed by atoms with Crippen LogP contribution in [0.1, 0.15) is 48.1 Å². The second-order valence-corrected chi connectivity index (χ2v) is 5.98. The van der Waals surface area contributed by atoms with Gasteiger partial charge in [0.15, 0.2) is 0 Å². The molecule has 0 radical (unpaired) electrons. The molecule has 1 N–H and O–H groups in total. The minimum atomic E-state index is 0.180. The van der Waals surface area contributed by atoms with Gasteiger partial charge in [-0.25, -0.2) is 0 Å². The van der Waals surface area contributed by atoms with E-state index in [0.717, 1.165) is 18.8 Å². The summed E-state index contributed by atoms with van der Waals surface area (Å²) in [7, 11) is 2.01. The number of rotatable bonds is 4. The van der Waals surface area contributed by atoms with Crippen LogP contribution in [0.5, 0.6) is 5.75 Å². The highest BCUT2D eigenvalue weighted by molar-refractivity contribution is 5.48. The first-order valence-electron chi connectivity index (χ1n) is 7.72. The van der Waals surface area contributed by atoms with Crippen LogP contribution in [0.15, 0.2) is 42.5 Å². The van der Waals surface area contributed by atoms with Crippen molar-refractivity contribution in [3.63, 3.8) is 0 Å². The maximum Gasteiger partial charge on any atom is 0.127 e. The number of hydrogen-bond acceptors (Lipinski definition) is 2. The Balaban J connectivity index is 1.97. The summed E-state index contributed by atoms with van der Waals surface area (Å²) in [5.74, 6) is 1.64. The second kappa shape index (κ2) is 5.90. The Hall–Kier alpha value is -1.80. The van der Waals surface area contributed by atoms with Crippen molar-refractivity contribution < 1.29 is 4.74 Å². The maximum absolute atomic E-state index is 5.86. The van der Waals surface area contributed by atoms with Crippen molar-refractivity contribution in [1.82, 2.24) is 5.32 Å². The standard InChI is InChI=1S/C19H23NO/c1-13(2)14-7-9-15(10-8-14)18(20-3)17-6-4-5-16-11-12-21-19(16)17/h4-10,13,18,20H,11-12H2,1-3H3. The molecule has 0 saturated heterocycles. The molecule has 1 atom stereocenters. The lowest BCUT2D eigenvalue weighted by molar-refractivity contribution is 0.351. The molecule has 0 aliphatic carbocycles. The minimum absolute atomic E-state index is 0.180. The van der Waals surface area contributed by atoms with Crippen molar-refractivity contribution in [3.8, 4) is 5.75 Å². The minimum Gasteiger partial charge on any atom is -0.493 e. The SMILES string of the molecule is CNC(c1ccc(C(C)C)cc1)c1cccc2c1OCC2. The van der Waals surface area contributed by atoms with Crippen molar-refractivity contribution in [3.05, 3.63) is 64.7 Å². The smallest absolute Gasteiger partial charge is 0.127 e. The molecule has 2 aromatic rings. The Labute approximate surface area is 127 Å². The van der Waals surface area contributed by atoms with Crippen LogP contribution in [-0.2, 0) is 6.42 Å². The fourth-order valence-electron chi connectivity index (χ4n) is 3.04. The van der Waals surface area contributed by atoms with Gasteiger partial charge in [0, 0.05) is 12.0 Å². The zero-order valence-corrected chi connectivity index (χ0v) is 13.0. The third-order valence-corrected chi connectivity index (χ3v) is 4.28. The van der Waals surface area contributed by atoms with Crippen molar-refractivity contribution in [2.24, 2.45) is 0 Å². The van der Waals surface area contributed by atoms with Gasteiger partial charge in [-0.2, -0.15) is 0 Å². The van der Waals surface area contributed by atoms with Gasteiger partial charge >= 0.3 is 0 Å². The molecule has 1 aliphatic heterocycles. The Kier molecular flexibility index (Phi) is 3.98. The first kappa shape index (κ1) is 14.2. The molecule has 1 aliphatic rings. The Morgan fingerprint density at radius 1 is 1.00 bits per heavy atom. The first-order chi connectivity index (χ1) is 10.2. The largest absolute Gasteiger partial charge is 0.493 e. The van der Waals surface area contributed by atoms with E-state index in [1.54, 1.807) is 0 Å². The fraction of sp³-hybridized carbons (Fsp3) is 0.368. The molecular formula is C19H23NO. The molecule has 0 aromatic heterocycles. The lowest BCUT2D eigenvalue weighted by Gasteiger charge is -2.20. The van der Waals surface area contributed by atoms with Crippen LogP contribution in [-0.4, -0.2) is 13.7 Å². The summed E-state index contributed by atoms with van der Waals surface area (Å²) in [4.78, 5) is 0.